The van der Waals surface area contributed by atoms with Crippen molar-refractivity contribution in [3.63, 3.8) is 0 Å². The van der Waals surface area contributed by atoms with Crippen LogP contribution >= 0.6 is 0 Å². The molecule has 0 saturated carbocycles. The first-order valence-corrected chi connectivity index (χ1v) is 12.0. The van der Waals surface area contributed by atoms with Crippen LogP contribution in [0.3, 0.4) is 0 Å². The minimum Gasteiger partial charge on any atom is -0.494 e. The summed E-state index contributed by atoms with van der Waals surface area (Å²) >= 11 is 0. The first-order valence-electron chi connectivity index (χ1n) is 9.08. The Balaban J connectivity index is 1.79. The van der Waals surface area contributed by atoms with Crippen molar-refractivity contribution in [2.24, 2.45) is 0 Å². The summed E-state index contributed by atoms with van der Waals surface area (Å²) in [6.07, 6.45) is 0. The third kappa shape index (κ3) is 5.15. The van der Waals surface area contributed by atoms with Crippen LogP contribution < -0.4 is 14.2 Å². The van der Waals surface area contributed by atoms with Crippen LogP contribution in [0.5, 0.6) is 5.75 Å². The summed E-state index contributed by atoms with van der Waals surface area (Å²) in [4.78, 5) is -0.330. The molecule has 3 aromatic rings. The van der Waals surface area contributed by atoms with Gasteiger partial charge >= 0.3 is 0 Å². The van der Waals surface area contributed by atoms with Crippen molar-refractivity contribution < 1.29 is 26.0 Å². The lowest BCUT2D eigenvalue weighted by Crippen LogP contribution is -2.15. The van der Waals surface area contributed by atoms with Gasteiger partial charge < -0.3 is 4.74 Å². The Bertz CT molecular complexity index is 1320. The van der Waals surface area contributed by atoms with E-state index in [0.717, 1.165) is 17.2 Å². The van der Waals surface area contributed by atoms with Gasteiger partial charge in [-0.3, -0.25) is 9.44 Å². The highest BCUT2D eigenvalue weighted by molar-refractivity contribution is 7.93. The fourth-order valence-electron chi connectivity index (χ4n) is 2.75. The average molecular weight is 465 g/mol. The number of aryl methyl sites for hydroxylation is 2. The molecule has 0 spiro atoms. The number of halogens is 1. The number of rotatable bonds is 7. The zero-order chi connectivity index (χ0) is 22.8. The molecule has 0 amide bonds. The van der Waals surface area contributed by atoms with Crippen molar-refractivity contribution in [3.8, 4) is 5.75 Å². The maximum Gasteiger partial charge on any atom is 0.262 e. The Morgan fingerprint density at radius 1 is 0.710 bits per heavy atom. The van der Waals surface area contributed by atoms with Crippen LogP contribution in [0.15, 0.2) is 70.5 Å². The van der Waals surface area contributed by atoms with Gasteiger partial charge in [-0.2, -0.15) is 0 Å². The highest BCUT2D eigenvalue weighted by Crippen LogP contribution is 2.24. The number of sulfonamides is 2. The van der Waals surface area contributed by atoms with Gasteiger partial charge in [0.2, 0.25) is 0 Å². The quantitative estimate of drug-likeness (QED) is 0.549. The molecule has 7 nitrogen and oxygen atoms in total. The van der Waals surface area contributed by atoms with Crippen molar-refractivity contribution in [3.05, 3.63) is 77.6 Å². The molecule has 0 fully saturated rings. The Hall–Kier alpha value is -3.11. The van der Waals surface area contributed by atoms with Crippen molar-refractivity contribution >= 4 is 31.4 Å². The van der Waals surface area contributed by atoms with E-state index < -0.39 is 25.9 Å². The molecule has 3 rings (SSSR count). The number of hydrogen-bond acceptors (Lipinski definition) is 5. The molecule has 3 aromatic carbocycles. The molecule has 0 saturated heterocycles. The standard InChI is InChI=1S/C21H21FN2O5S2/c1-14-4-5-17(12-15(14)2)24-30(25,26)18-8-6-16(7-9-18)23-31(27,28)19-10-11-21(29-3)20(22)13-19/h4-13,23-24H,1-3H3. The van der Waals surface area contributed by atoms with Crippen LogP contribution in [0.25, 0.3) is 0 Å². The lowest BCUT2D eigenvalue weighted by atomic mass is 10.1. The molecular formula is C21H21FN2O5S2. The van der Waals surface area contributed by atoms with Crippen molar-refractivity contribution in [1.82, 2.24) is 0 Å². The summed E-state index contributed by atoms with van der Waals surface area (Å²) < 4.78 is 73.6. The molecule has 0 heterocycles. The second kappa shape index (κ2) is 8.56. The highest BCUT2D eigenvalue weighted by Gasteiger charge is 2.18. The van der Waals surface area contributed by atoms with E-state index in [0.29, 0.717) is 5.69 Å². The van der Waals surface area contributed by atoms with E-state index >= 15 is 0 Å². The van der Waals surface area contributed by atoms with Crippen LogP contribution in [0, 0.1) is 19.7 Å². The summed E-state index contributed by atoms with van der Waals surface area (Å²) in [6, 6.07) is 13.6. The number of methoxy groups -OCH3 is 1. The smallest absolute Gasteiger partial charge is 0.262 e. The molecule has 31 heavy (non-hydrogen) atoms. The largest absolute Gasteiger partial charge is 0.494 e. The predicted octanol–water partition coefficient (Wildman–Crippen LogP) is 4.05. The van der Waals surface area contributed by atoms with Crippen molar-refractivity contribution in [1.29, 1.82) is 0 Å². The average Bonchev–Trinajstić information content (AvgIpc) is 2.70. The normalized spacial score (nSPS) is 11.7. The van der Waals surface area contributed by atoms with Crippen LogP contribution in [0.1, 0.15) is 11.1 Å². The van der Waals surface area contributed by atoms with E-state index in [1.54, 1.807) is 12.1 Å². The zero-order valence-electron chi connectivity index (χ0n) is 17.0. The monoisotopic (exact) mass is 464 g/mol. The van der Waals surface area contributed by atoms with Gasteiger partial charge in [0.05, 0.1) is 16.9 Å². The Morgan fingerprint density at radius 3 is 1.84 bits per heavy atom. The maximum absolute atomic E-state index is 13.8. The molecule has 0 unspecified atom stereocenters. The SMILES string of the molecule is COc1ccc(S(=O)(=O)Nc2ccc(S(=O)(=O)Nc3ccc(C)c(C)c3)cc2)cc1F. The van der Waals surface area contributed by atoms with Gasteiger partial charge in [0.15, 0.2) is 11.6 Å². The minimum absolute atomic E-state index is 0.0378. The number of hydrogen-bond donors (Lipinski definition) is 2. The summed E-state index contributed by atoms with van der Waals surface area (Å²) in [5, 5.41) is 0. The molecule has 0 aliphatic carbocycles. The highest BCUT2D eigenvalue weighted by atomic mass is 32.2. The van der Waals surface area contributed by atoms with Gasteiger partial charge in [0, 0.05) is 11.4 Å². The molecule has 0 radical (unpaired) electrons. The van der Waals surface area contributed by atoms with Gasteiger partial charge in [-0.15, -0.1) is 0 Å². The van der Waals surface area contributed by atoms with Gasteiger partial charge in [-0.25, -0.2) is 21.2 Å². The summed E-state index contributed by atoms with van der Waals surface area (Å²) in [5.41, 5.74) is 2.53. The van der Waals surface area contributed by atoms with Gasteiger partial charge in [-0.1, -0.05) is 6.07 Å². The molecule has 164 valence electrons. The molecule has 0 atom stereocenters. The maximum atomic E-state index is 13.8. The Labute approximate surface area is 181 Å². The van der Waals surface area contributed by atoms with Crippen LogP contribution in [-0.4, -0.2) is 23.9 Å². The van der Waals surface area contributed by atoms with Gasteiger partial charge in [0.1, 0.15) is 0 Å². The number of anilines is 2. The molecule has 0 aliphatic rings. The third-order valence-corrected chi connectivity index (χ3v) is 7.39. The second-order valence-corrected chi connectivity index (χ2v) is 10.2. The van der Waals surface area contributed by atoms with Gasteiger partial charge in [-0.05, 0) is 79.6 Å². The Morgan fingerprint density at radius 2 is 1.26 bits per heavy atom. The van der Waals surface area contributed by atoms with E-state index in [4.69, 9.17) is 4.74 Å². The number of benzene rings is 3. The summed E-state index contributed by atoms with van der Waals surface area (Å²) in [5.74, 6) is -0.894. The van der Waals surface area contributed by atoms with E-state index in [2.05, 4.69) is 9.44 Å². The lowest BCUT2D eigenvalue weighted by Gasteiger charge is -2.12. The molecule has 0 aliphatic heterocycles. The molecule has 0 aromatic heterocycles. The van der Waals surface area contributed by atoms with Gasteiger partial charge in [0.25, 0.3) is 20.0 Å². The van der Waals surface area contributed by atoms with E-state index in [1.807, 2.05) is 19.9 Å². The fraction of sp³-hybridized carbons (Fsp3) is 0.143. The minimum atomic E-state index is -4.08. The summed E-state index contributed by atoms with van der Waals surface area (Å²) in [7, 11) is -6.66. The first kappa shape index (κ1) is 22.6. The Kier molecular flexibility index (Phi) is 6.23. The number of ether oxygens (including phenoxy) is 1. The third-order valence-electron chi connectivity index (χ3n) is 4.61. The number of nitrogens with one attached hydrogen (secondary N) is 2. The van der Waals surface area contributed by atoms with E-state index in [1.165, 1.54) is 43.5 Å². The fourth-order valence-corrected chi connectivity index (χ4v) is 4.87. The molecule has 0 bridgehead atoms. The van der Waals surface area contributed by atoms with Crippen LogP contribution in [0.2, 0.25) is 0 Å². The predicted molar refractivity (Wildman–Crippen MR) is 117 cm³/mol. The molecular weight excluding hydrogens is 443 g/mol. The topological polar surface area (TPSA) is 102 Å². The van der Waals surface area contributed by atoms with Crippen molar-refractivity contribution in [2.75, 3.05) is 16.6 Å². The first-order chi connectivity index (χ1) is 14.5. The zero-order valence-corrected chi connectivity index (χ0v) is 18.6. The van der Waals surface area contributed by atoms with Crippen LogP contribution in [-0.2, 0) is 20.0 Å². The lowest BCUT2D eigenvalue weighted by molar-refractivity contribution is 0.385. The van der Waals surface area contributed by atoms with Crippen molar-refractivity contribution in [2.45, 2.75) is 23.6 Å². The van der Waals surface area contributed by atoms with E-state index in [-0.39, 0.29) is 21.2 Å². The molecule has 10 heteroatoms. The molecule has 2 N–H and O–H groups in total. The second-order valence-electron chi connectivity index (χ2n) is 6.83. The van der Waals surface area contributed by atoms with E-state index in [9.17, 15) is 21.2 Å². The van der Waals surface area contributed by atoms with Crippen LogP contribution in [0.4, 0.5) is 15.8 Å². The summed E-state index contributed by atoms with van der Waals surface area (Å²) in [6.45, 7) is 3.80.